The number of nitrogens with zero attached hydrogens (tertiary/aromatic N) is 2. The van der Waals surface area contributed by atoms with Gasteiger partial charge in [0.1, 0.15) is 0 Å². The second kappa shape index (κ2) is 3.47. The maximum Gasteiger partial charge on any atom is 0.257 e. The molecule has 0 aromatic carbocycles. The number of rotatable bonds is 3. The van der Waals surface area contributed by atoms with E-state index in [4.69, 9.17) is 0 Å². The third-order valence-electron chi connectivity index (χ3n) is 1.86. The molecule has 0 amide bonds. The summed E-state index contributed by atoms with van der Waals surface area (Å²) < 4.78 is 26.6. The van der Waals surface area contributed by atoms with Crippen LogP contribution in [0.4, 0.5) is 0 Å². The van der Waals surface area contributed by atoms with Crippen molar-refractivity contribution in [1.29, 1.82) is 0 Å². The zero-order valence-electron chi connectivity index (χ0n) is 7.90. The van der Waals surface area contributed by atoms with Gasteiger partial charge >= 0.3 is 0 Å². The molecule has 0 bridgehead atoms. The molecule has 13 heavy (non-hydrogen) atoms. The van der Waals surface area contributed by atoms with E-state index in [1.807, 2.05) is 6.92 Å². The third-order valence-corrected chi connectivity index (χ3v) is 3.43. The Bertz CT molecular complexity index is 394. The topological polar surface area (TPSA) is 64.0 Å². The van der Waals surface area contributed by atoms with E-state index in [0.717, 1.165) is 5.56 Å². The summed E-state index contributed by atoms with van der Waals surface area (Å²) in [6.45, 7) is 1.89. The summed E-state index contributed by atoms with van der Waals surface area (Å²) in [5, 5.41) is 4.15. The fourth-order valence-electron chi connectivity index (χ4n) is 1.16. The van der Waals surface area contributed by atoms with Gasteiger partial charge in [-0.05, 0) is 13.5 Å². The Kier molecular flexibility index (Phi) is 2.72. The van der Waals surface area contributed by atoms with Gasteiger partial charge in [0.2, 0.25) is 0 Å². The van der Waals surface area contributed by atoms with Crippen molar-refractivity contribution in [2.45, 2.75) is 18.4 Å². The van der Waals surface area contributed by atoms with Crippen LogP contribution in [0.5, 0.6) is 0 Å². The van der Waals surface area contributed by atoms with Crippen LogP contribution in [0.2, 0.25) is 0 Å². The lowest BCUT2D eigenvalue weighted by Crippen LogP contribution is -2.22. The summed E-state index contributed by atoms with van der Waals surface area (Å²) in [4.78, 5) is 0. The summed E-state index contributed by atoms with van der Waals surface area (Å²) >= 11 is 0. The maximum absolute atomic E-state index is 11.5. The molecule has 1 aromatic heterocycles. The molecule has 0 spiro atoms. The smallest absolute Gasteiger partial charge is 0.256 e. The molecule has 0 saturated heterocycles. The summed E-state index contributed by atoms with van der Waals surface area (Å²) in [5.41, 5.74) is 0.733. The van der Waals surface area contributed by atoms with Gasteiger partial charge in [-0.1, -0.05) is 6.92 Å². The minimum Gasteiger partial charge on any atom is -0.256 e. The molecular weight excluding hydrogens is 190 g/mol. The van der Waals surface area contributed by atoms with E-state index in [-0.39, 0.29) is 5.03 Å². The average molecular weight is 203 g/mol. The van der Waals surface area contributed by atoms with Crippen LogP contribution in [0.25, 0.3) is 0 Å². The van der Waals surface area contributed by atoms with Crippen LogP contribution >= 0.6 is 0 Å². The van der Waals surface area contributed by atoms with Gasteiger partial charge in [0, 0.05) is 12.6 Å². The molecule has 0 aliphatic carbocycles. The molecule has 1 aromatic rings. The van der Waals surface area contributed by atoms with Crippen LogP contribution in [0.15, 0.2) is 11.2 Å². The fraction of sp³-hybridized carbons (Fsp3) is 0.571. The molecule has 0 fully saturated rings. The van der Waals surface area contributed by atoms with Gasteiger partial charge in [-0.3, -0.25) is 4.68 Å². The molecule has 74 valence electrons. The fourth-order valence-corrected chi connectivity index (χ4v) is 2.29. The number of sulfonamides is 1. The Morgan fingerprint density at radius 3 is 2.69 bits per heavy atom. The van der Waals surface area contributed by atoms with Crippen LogP contribution in [-0.4, -0.2) is 25.2 Å². The van der Waals surface area contributed by atoms with Crippen molar-refractivity contribution in [2.75, 3.05) is 7.05 Å². The van der Waals surface area contributed by atoms with Crippen molar-refractivity contribution in [1.82, 2.24) is 14.5 Å². The molecular formula is C7H13N3O2S. The predicted molar refractivity (Wildman–Crippen MR) is 48.8 cm³/mol. The molecule has 0 aliphatic heterocycles. The maximum atomic E-state index is 11.5. The van der Waals surface area contributed by atoms with E-state index < -0.39 is 10.0 Å². The quantitative estimate of drug-likeness (QED) is 0.745. The van der Waals surface area contributed by atoms with Crippen LogP contribution in [0.1, 0.15) is 12.5 Å². The van der Waals surface area contributed by atoms with Crippen LogP contribution in [-0.2, 0) is 23.5 Å². The van der Waals surface area contributed by atoms with E-state index in [0.29, 0.717) is 6.42 Å². The molecule has 0 unspecified atom stereocenters. The molecule has 0 radical (unpaired) electrons. The molecule has 0 saturated carbocycles. The number of hydrogen-bond acceptors (Lipinski definition) is 3. The number of hydrogen-bond donors (Lipinski definition) is 1. The minimum atomic E-state index is -3.38. The number of aryl methyl sites for hydroxylation is 2. The SMILES string of the molecule is CCc1cnn(C)c1S(=O)(=O)NC. The molecule has 1 N–H and O–H groups in total. The summed E-state index contributed by atoms with van der Waals surface area (Å²) in [6.07, 6.45) is 2.23. The summed E-state index contributed by atoms with van der Waals surface area (Å²) in [7, 11) is -0.373. The van der Waals surface area contributed by atoms with Crippen molar-refractivity contribution >= 4 is 10.0 Å². The Labute approximate surface area is 77.8 Å². The molecule has 0 aliphatic rings. The average Bonchev–Trinajstić information content (AvgIpc) is 2.47. The normalized spacial score (nSPS) is 11.9. The number of aromatic nitrogens is 2. The zero-order valence-corrected chi connectivity index (χ0v) is 8.72. The van der Waals surface area contributed by atoms with Crippen molar-refractivity contribution in [3.05, 3.63) is 11.8 Å². The van der Waals surface area contributed by atoms with Gasteiger partial charge in [-0.2, -0.15) is 5.10 Å². The van der Waals surface area contributed by atoms with Gasteiger partial charge in [0.25, 0.3) is 10.0 Å². The van der Waals surface area contributed by atoms with Crippen molar-refractivity contribution in [3.63, 3.8) is 0 Å². The van der Waals surface area contributed by atoms with Crippen molar-refractivity contribution in [2.24, 2.45) is 7.05 Å². The highest BCUT2D eigenvalue weighted by molar-refractivity contribution is 7.89. The molecule has 1 rings (SSSR count). The molecule has 5 nitrogen and oxygen atoms in total. The van der Waals surface area contributed by atoms with Gasteiger partial charge in [0.15, 0.2) is 5.03 Å². The largest absolute Gasteiger partial charge is 0.257 e. The third kappa shape index (κ3) is 1.73. The Morgan fingerprint density at radius 1 is 1.62 bits per heavy atom. The van der Waals surface area contributed by atoms with Crippen LogP contribution in [0.3, 0.4) is 0 Å². The van der Waals surface area contributed by atoms with Crippen LogP contribution < -0.4 is 4.72 Å². The molecule has 6 heteroatoms. The first-order valence-corrected chi connectivity index (χ1v) is 5.45. The Hall–Kier alpha value is -0.880. The minimum absolute atomic E-state index is 0.248. The monoisotopic (exact) mass is 203 g/mol. The molecule has 0 atom stereocenters. The highest BCUT2D eigenvalue weighted by atomic mass is 32.2. The van der Waals surface area contributed by atoms with Gasteiger partial charge in [-0.25, -0.2) is 13.1 Å². The summed E-state index contributed by atoms with van der Waals surface area (Å²) in [5.74, 6) is 0. The standard InChI is InChI=1S/C7H13N3O2S/c1-4-6-5-9-10(3)7(6)13(11,12)8-2/h5,8H,4H2,1-3H3. The van der Waals surface area contributed by atoms with E-state index in [9.17, 15) is 8.42 Å². The van der Waals surface area contributed by atoms with Gasteiger partial charge < -0.3 is 0 Å². The first-order chi connectivity index (χ1) is 6.03. The van der Waals surface area contributed by atoms with Gasteiger partial charge in [-0.15, -0.1) is 0 Å². The lowest BCUT2D eigenvalue weighted by Gasteiger charge is -2.04. The highest BCUT2D eigenvalue weighted by Crippen LogP contribution is 2.13. The van der Waals surface area contributed by atoms with E-state index in [1.54, 1.807) is 13.2 Å². The highest BCUT2D eigenvalue weighted by Gasteiger charge is 2.20. The zero-order chi connectivity index (χ0) is 10.1. The van der Waals surface area contributed by atoms with Crippen molar-refractivity contribution in [3.8, 4) is 0 Å². The van der Waals surface area contributed by atoms with Crippen LogP contribution in [0, 0.1) is 0 Å². The van der Waals surface area contributed by atoms with E-state index >= 15 is 0 Å². The lowest BCUT2D eigenvalue weighted by atomic mass is 10.3. The van der Waals surface area contributed by atoms with E-state index in [1.165, 1.54) is 11.7 Å². The van der Waals surface area contributed by atoms with Crippen molar-refractivity contribution < 1.29 is 8.42 Å². The first kappa shape index (κ1) is 10.2. The summed E-state index contributed by atoms with van der Waals surface area (Å²) in [6, 6.07) is 0. The Morgan fingerprint density at radius 2 is 2.23 bits per heavy atom. The second-order valence-electron chi connectivity index (χ2n) is 2.66. The first-order valence-electron chi connectivity index (χ1n) is 3.97. The number of nitrogens with one attached hydrogen (secondary N) is 1. The van der Waals surface area contributed by atoms with E-state index in [2.05, 4.69) is 9.82 Å². The Balaban J connectivity index is 3.35. The predicted octanol–water partition coefficient (Wildman–Crippen LogP) is -0.109. The second-order valence-corrected chi connectivity index (χ2v) is 4.46. The molecule has 1 heterocycles. The van der Waals surface area contributed by atoms with Gasteiger partial charge in [0.05, 0.1) is 6.20 Å². The lowest BCUT2D eigenvalue weighted by molar-refractivity contribution is 0.567.